The van der Waals surface area contributed by atoms with Gasteiger partial charge < -0.3 is 10.1 Å². The second-order valence-corrected chi connectivity index (χ2v) is 8.63. The average Bonchev–Trinajstić information content (AvgIpc) is 2.57. The van der Waals surface area contributed by atoms with E-state index in [1.54, 1.807) is 0 Å². The third-order valence-electron chi connectivity index (χ3n) is 3.66. The molecule has 26 heavy (non-hydrogen) atoms. The highest BCUT2D eigenvalue weighted by atomic mass is 35.5. The van der Waals surface area contributed by atoms with Gasteiger partial charge in [-0.15, -0.1) is 11.8 Å². The maximum absolute atomic E-state index is 12.6. The van der Waals surface area contributed by atoms with Crippen LogP contribution in [-0.2, 0) is 15.3 Å². The number of ether oxygens (including phenoxy) is 1. The van der Waals surface area contributed by atoms with E-state index in [2.05, 4.69) is 32.7 Å². The molecule has 144 valence electrons. The Labute approximate surface area is 165 Å². The first kappa shape index (κ1) is 22.6. The van der Waals surface area contributed by atoms with Crippen LogP contribution in [0.15, 0.2) is 36.9 Å². The van der Waals surface area contributed by atoms with Crippen LogP contribution in [0.1, 0.15) is 39.2 Å². The van der Waals surface area contributed by atoms with Crippen molar-refractivity contribution < 1.29 is 14.3 Å². The number of carbonyl (C=O) groups is 2. The Bertz CT molecular complexity index is 613. The number of nitrogens with one attached hydrogen (secondary N) is 1. The van der Waals surface area contributed by atoms with Crippen molar-refractivity contribution in [2.45, 2.75) is 45.4 Å². The molecular weight excluding hydrogens is 370 g/mol. The molecule has 0 aromatic heterocycles. The standard InChI is InChI=1S/C20H28ClNO3S/c1-5-12-25-19(24)22-17(10-11-20(2,3)4)18(23)14-26-13-15-8-6-7-9-16(15)21/h5-9,17H,1,10-14H2,2-4H3,(H,22,24). The lowest BCUT2D eigenvalue weighted by molar-refractivity contribution is -0.118. The van der Waals surface area contributed by atoms with Crippen LogP contribution in [0.4, 0.5) is 4.79 Å². The number of Topliss-reactive ketones (excluding diaryl/α,β-unsaturated/α-hetero) is 1. The average molecular weight is 398 g/mol. The third-order valence-corrected chi connectivity index (χ3v) is 5.03. The molecule has 0 aliphatic rings. The zero-order chi connectivity index (χ0) is 19.6. The second kappa shape index (κ2) is 11.3. The van der Waals surface area contributed by atoms with Crippen LogP contribution in [0.3, 0.4) is 0 Å². The maximum atomic E-state index is 12.6. The van der Waals surface area contributed by atoms with E-state index in [4.69, 9.17) is 16.3 Å². The number of amides is 1. The van der Waals surface area contributed by atoms with Crippen LogP contribution >= 0.6 is 23.4 Å². The SMILES string of the molecule is C=CCOC(=O)NC(CCC(C)(C)C)C(=O)CSCc1ccccc1Cl. The molecule has 4 nitrogen and oxygen atoms in total. The normalized spacial score (nSPS) is 12.3. The van der Waals surface area contributed by atoms with Crippen LogP contribution < -0.4 is 5.32 Å². The summed E-state index contributed by atoms with van der Waals surface area (Å²) < 4.78 is 4.95. The molecule has 1 amide bonds. The van der Waals surface area contributed by atoms with Gasteiger partial charge in [-0.05, 0) is 29.9 Å². The summed E-state index contributed by atoms with van der Waals surface area (Å²) in [6.07, 6.45) is 2.30. The Morgan fingerprint density at radius 1 is 1.35 bits per heavy atom. The maximum Gasteiger partial charge on any atom is 0.408 e. The lowest BCUT2D eigenvalue weighted by Gasteiger charge is -2.23. The number of hydrogen-bond acceptors (Lipinski definition) is 4. The minimum Gasteiger partial charge on any atom is -0.445 e. The van der Waals surface area contributed by atoms with Crippen LogP contribution in [0.2, 0.25) is 5.02 Å². The Balaban J connectivity index is 2.59. The number of benzene rings is 1. The molecule has 6 heteroatoms. The first-order valence-electron chi connectivity index (χ1n) is 8.61. The second-order valence-electron chi connectivity index (χ2n) is 7.23. The van der Waals surface area contributed by atoms with E-state index in [9.17, 15) is 9.59 Å². The molecule has 0 heterocycles. The number of halogens is 1. The molecule has 1 aromatic carbocycles. The minimum atomic E-state index is -0.590. The molecule has 0 bridgehead atoms. The van der Waals surface area contributed by atoms with Gasteiger partial charge in [0.2, 0.25) is 0 Å². The quantitative estimate of drug-likeness (QED) is 0.548. The van der Waals surface area contributed by atoms with E-state index in [1.165, 1.54) is 17.8 Å². The molecule has 0 aliphatic heterocycles. The summed E-state index contributed by atoms with van der Waals surface area (Å²) in [6.45, 7) is 9.95. The van der Waals surface area contributed by atoms with E-state index in [0.29, 0.717) is 22.9 Å². The zero-order valence-corrected chi connectivity index (χ0v) is 17.3. The zero-order valence-electron chi connectivity index (χ0n) is 15.7. The molecule has 1 N–H and O–H groups in total. The minimum absolute atomic E-state index is 0.0122. The van der Waals surface area contributed by atoms with Gasteiger partial charge in [-0.3, -0.25) is 4.79 Å². The summed E-state index contributed by atoms with van der Waals surface area (Å²) in [7, 11) is 0. The molecule has 0 aliphatic carbocycles. The topological polar surface area (TPSA) is 55.4 Å². The van der Waals surface area contributed by atoms with Crippen molar-refractivity contribution in [2.75, 3.05) is 12.4 Å². The lowest BCUT2D eigenvalue weighted by atomic mass is 9.88. The van der Waals surface area contributed by atoms with E-state index in [-0.39, 0.29) is 17.8 Å². The largest absolute Gasteiger partial charge is 0.445 e. The van der Waals surface area contributed by atoms with Crippen molar-refractivity contribution in [3.05, 3.63) is 47.5 Å². The molecule has 0 saturated carbocycles. The number of alkyl carbamates (subject to hydrolysis) is 1. The van der Waals surface area contributed by atoms with Gasteiger partial charge in [-0.1, -0.05) is 63.2 Å². The molecular formula is C20H28ClNO3S. The van der Waals surface area contributed by atoms with Crippen LogP contribution in [-0.4, -0.2) is 30.3 Å². The first-order valence-corrected chi connectivity index (χ1v) is 10.1. The Kier molecular flexibility index (Phi) is 9.81. The first-order chi connectivity index (χ1) is 12.2. The van der Waals surface area contributed by atoms with Gasteiger partial charge in [0, 0.05) is 10.8 Å². The predicted molar refractivity (Wildman–Crippen MR) is 110 cm³/mol. The van der Waals surface area contributed by atoms with Gasteiger partial charge in [-0.2, -0.15) is 0 Å². The van der Waals surface area contributed by atoms with E-state index in [1.807, 2.05) is 24.3 Å². The number of thioether (sulfide) groups is 1. The molecule has 1 unspecified atom stereocenters. The Morgan fingerprint density at radius 3 is 2.65 bits per heavy atom. The lowest BCUT2D eigenvalue weighted by Crippen LogP contribution is -2.42. The third kappa shape index (κ3) is 9.30. The van der Waals surface area contributed by atoms with Crippen molar-refractivity contribution >= 4 is 35.2 Å². The number of carbonyl (C=O) groups excluding carboxylic acids is 2. The Hall–Kier alpha value is -1.46. The highest BCUT2D eigenvalue weighted by Crippen LogP contribution is 2.24. The Morgan fingerprint density at radius 2 is 2.04 bits per heavy atom. The molecule has 1 atom stereocenters. The summed E-state index contributed by atoms with van der Waals surface area (Å²) in [4.78, 5) is 24.4. The number of hydrogen-bond donors (Lipinski definition) is 1. The fourth-order valence-corrected chi connectivity index (χ4v) is 3.45. The smallest absolute Gasteiger partial charge is 0.408 e. The summed E-state index contributed by atoms with van der Waals surface area (Å²) in [6, 6.07) is 7.03. The number of ketones is 1. The van der Waals surface area contributed by atoms with E-state index in [0.717, 1.165) is 12.0 Å². The monoisotopic (exact) mass is 397 g/mol. The van der Waals surface area contributed by atoms with E-state index >= 15 is 0 Å². The van der Waals surface area contributed by atoms with E-state index < -0.39 is 12.1 Å². The number of rotatable bonds is 10. The van der Waals surface area contributed by atoms with Gasteiger partial charge in [0.05, 0.1) is 11.8 Å². The molecule has 0 saturated heterocycles. The fourth-order valence-electron chi connectivity index (χ4n) is 2.19. The highest BCUT2D eigenvalue weighted by molar-refractivity contribution is 7.99. The molecule has 1 aromatic rings. The molecule has 1 rings (SSSR count). The summed E-state index contributed by atoms with van der Waals surface area (Å²) >= 11 is 7.63. The van der Waals surface area contributed by atoms with Gasteiger partial charge >= 0.3 is 6.09 Å². The van der Waals surface area contributed by atoms with Crippen molar-refractivity contribution in [2.24, 2.45) is 5.41 Å². The predicted octanol–water partition coefficient (Wildman–Crippen LogP) is 5.25. The van der Waals surface area contributed by atoms with Crippen LogP contribution in [0.25, 0.3) is 0 Å². The molecule has 0 fully saturated rings. The van der Waals surface area contributed by atoms with Gasteiger partial charge in [0.15, 0.2) is 5.78 Å². The fraction of sp³-hybridized carbons (Fsp3) is 0.500. The van der Waals surface area contributed by atoms with Crippen molar-refractivity contribution in [1.82, 2.24) is 5.32 Å². The summed E-state index contributed by atoms with van der Waals surface area (Å²) in [5.41, 5.74) is 1.08. The van der Waals surface area contributed by atoms with Crippen LogP contribution in [0, 0.1) is 5.41 Å². The summed E-state index contributed by atoms with van der Waals surface area (Å²) in [5.74, 6) is 0.946. The molecule has 0 radical (unpaired) electrons. The van der Waals surface area contributed by atoms with Crippen molar-refractivity contribution in [3.8, 4) is 0 Å². The van der Waals surface area contributed by atoms with Crippen molar-refractivity contribution in [1.29, 1.82) is 0 Å². The van der Waals surface area contributed by atoms with Crippen molar-refractivity contribution in [3.63, 3.8) is 0 Å². The summed E-state index contributed by atoms with van der Waals surface area (Å²) in [5, 5.41) is 3.38. The van der Waals surface area contributed by atoms with Gasteiger partial charge in [0.25, 0.3) is 0 Å². The van der Waals surface area contributed by atoms with Gasteiger partial charge in [-0.25, -0.2) is 4.79 Å². The molecule has 0 spiro atoms. The van der Waals surface area contributed by atoms with Crippen LogP contribution in [0.5, 0.6) is 0 Å². The highest BCUT2D eigenvalue weighted by Gasteiger charge is 2.23. The van der Waals surface area contributed by atoms with Gasteiger partial charge in [0.1, 0.15) is 6.61 Å².